The van der Waals surface area contributed by atoms with E-state index in [1.165, 1.54) is 11.3 Å². The third-order valence-electron chi connectivity index (χ3n) is 3.82. The molecule has 1 aliphatic rings. The predicted molar refractivity (Wildman–Crippen MR) is 89.7 cm³/mol. The highest BCUT2D eigenvalue weighted by molar-refractivity contribution is 7.86. The smallest absolute Gasteiger partial charge is 0.264 e. The molecule has 22 heavy (non-hydrogen) atoms. The van der Waals surface area contributed by atoms with Gasteiger partial charge in [-0.3, -0.25) is 9.00 Å². The monoisotopic (exact) mass is 337 g/mol. The molecule has 1 fully saturated rings. The summed E-state index contributed by atoms with van der Waals surface area (Å²) in [5.74, 6) is 2.22. The van der Waals surface area contributed by atoms with Gasteiger partial charge in [-0.05, 0) is 45.0 Å². The van der Waals surface area contributed by atoms with Gasteiger partial charge in [-0.25, -0.2) is 0 Å². The Balaban J connectivity index is 1.79. The van der Waals surface area contributed by atoms with Gasteiger partial charge in [0.1, 0.15) is 11.5 Å². The zero-order valence-corrected chi connectivity index (χ0v) is 14.6. The molecule has 118 valence electrons. The van der Waals surface area contributed by atoms with Crippen LogP contribution in [0.5, 0.6) is 0 Å². The molecule has 0 saturated carbocycles. The molecular formula is C16H19NO3S2. The number of hydrogen-bond donors (Lipinski definition) is 0. The number of thiophene rings is 1. The van der Waals surface area contributed by atoms with Gasteiger partial charge in [0, 0.05) is 29.6 Å². The quantitative estimate of drug-likeness (QED) is 0.845. The normalized spacial score (nSPS) is 21.0. The lowest BCUT2D eigenvalue weighted by Crippen LogP contribution is -2.51. The Labute approximate surface area is 136 Å². The first-order valence-corrected chi connectivity index (χ1v) is 9.35. The summed E-state index contributed by atoms with van der Waals surface area (Å²) >= 11 is 1.44. The van der Waals surface area contributed by atoms with Gasteiger partial charge in [0.05, 0.1) is 14.5 Å². The molecule has 3 heterocycles. The molecule has 6 heteroatoms. The summed E-state index contributed by atoms with van der Waals surface area (Å²) in [6, 6.07) is 7.60. The SMILES string of the molecule is Cc1ccc(-c2ccc(C(=O)N3CCS(=O)C(C)(C)C3)s2)o1. The van der Waals surface area contributed by atoms with Gasteiger partial charge >= 0.3 is 0 Å². The first-order chi connectivity index (χ1) is 10.4. The second kappa shape index (κ2) is 5.66. The highest BCUT2D eigenvalue weighted by atomic mass is 32.2. The van der Waals surface area contributed by atoms with Crippen LogP contribution in [0.4, 0.5) is 0 Å². The molecule has 3 rings (SSSR count). The molecule has 1 atom stereocenters. The van der Waals surface area contributed by atoms with E-state index in [0.717, 1.165) is 16.4 Å². The Kier molecular flexibility index (Phi) is 3.99. The van der Waals surface area contributed by atoms with Crippen molar-refractivity contribution in [2.24, 2.45) is 0 Å². The van der Waals surface area contributed by atoms with Crippen LogP contribution < -0.4 is 0 Å². The molecule has 4 nitrogen and oxygen atoms in total. The molecule has 0 bridgehead atoms. The van der Waals surface area contributed by atoms with Gasteiger partial charge in [-0.2, -0.15) is 0 Å². The average molecular weight is 337 g/mol. The fraction of sp³-hybridized carbons (Fsp3) is 0.438. The molecule has 2 aromatic heterocycles. The second-order valence-electron chi connectivity index (χ2n) is 6.11. The van der Waals surface area contributed by atoms with Crippen LogP contribution >= 0.6 is 11.3 Å². The van der Waals surface area contributed by atoms with Gasteiger partial charge in [0.15, 0.2) is 0 Å². The number of hydrogen-bond acceptors (Lipinski definition) is 4. The number of nitrogens with zero attached hydrogens (tertiary/aromatic N) is 1. The molecule has 1 saturated heterocycles. The molecule has 0 N–H and O–H groups in total. The van der Waals surface area contributed by atoms with Gasteiger partial charge in [0.25, 0.3) is 5.91 Å². The second-order valence-corrected chi connectivity index (χ2v) is 9.40. The van der Waals surface area contributed by atoms with Crippen molar-refractivity contribution >= 4 is 28.0 Å². The van der Waals surface area contributed by atoms with Crippen LogP contribution in [0.15, 0.2) is 28.7 Å². The summed E-state index contributed by atoms with van der Waals surface area (Å²) < 4.78 is 17.2. The Morgan fingerprint density at radius 1 is 1.32 bits per heavy atom. The van der Waals surface area contributed by atoms with E-state index in [2.05, 4.69) is 0 Å². The Morgan fingerprint density at radius 2 is 2.09 bits per heavy atom. The van der Waals surface area contributed by atoms with Crippen LogP contribution in [-0.4, -0.2) is 38.6 Å². The first-order valence-electron chi connectivity index (χ1n) is 7.21. The maximum atomic E-state index is 12.7. The minimum Gasteiger partial charge on any atom is -0.461 e. The average Bonchev–Trinajstić information content (AvgIpc) is 3.09. The zero-order chi connectivity index (χ0) is 15.9. The number of carbonyl (C=O) groups excluding carboxylic acids is 1. The van der Waals surface area contributed by atoms with Crippen molar-refractivity contribution in [3.05, 3.63) is 34.9 Å². The van der Waals surface area contributed by atoms with Crippen LogP contribution in [0, 0.1) is 6.92 Å². The molecule has 1 amide bonds. The number of carbonyl (C=O) groups is 1. The van der Waals surface area contributed by atoms with Gasteiger partial charge < -0.3 is 9.32 Å². The van der Waals surface area contributed by atoms with Crippen LogP contribution in [0.25, 0.3) is 10.6 Å². The summed E-state index contributed by atoms with van der Waals surface area (Å²) in [5, 5.41) is 0. The van der Waals surface area contributed by atoms with Crippen LogP contribution in [0.3, 0.4) is 0 Å². The van der Waals surface area contributed by atoms with E-state index < -0.39 is 10.8 Å². The summed E-state index contributed by atoms with van der Waals surface area (Å²) in [7, 11) is -0.871. The van der Waals surface area contributed by atoms with E-state index in [0.29, 0.717) is 23.7 Å². The third-order valence-corrected chi connectivity index (χ3v) is 6.82. The zero-order valence-electron chi connectivity index (χ0n) is 12.9. The van der Waals surface area contributed by atoms with Crippen molar-refractivity contribution in [3.63, 3.8) is 0 Å². The summed E-state index contributed by atoms with van der Waals surface area (Å²) in [4.78, 5) is 16.1. The number of rotatable bonds is 2. The lowest BCUT2D eigenvalue weighted by molar-refractivity contribution is 0.0750. The van der Waals surface area contributed by atoms with E-state index in [1.54, 1.807) is 0 Å². The maximum Gasteiger partial charge on any atom is 0.264 e. The minimum absolute atomic E-state index is 0.0179. The summed E-state index contributed by atoms with van der Waals surface area (Å²) in [5.41, 5.74) is 0. The molecule has 1 aliphatic heterocycles. The Morgan fingerprint density at radius 3 is 2.73 bits per heavy atom. The minimum atomic E-state index is -0.871. The summed E-state index contributed by atoms with van der Waals surface area (Å²) in [6.07, 6.45) is 0. The fourth-order valence-electron chi connectivity index (χ4n) is 2.56. The largest absolute Gasteiger partial charge is 0.461 e. The number of aryl methyl sites for hydroxylation is 1. The van der Waals surface area contributed by atoms with Gasteiger partial charge in [-0.15, -0.1) is 11.3 Å². The first kappa shape index (κ1) is 15.5. The highest BCUT2D eigenvalue weighted by Gasteiger charge is 2.35. The standard InChI is InChI=1S/C16H19NO3S2/c1-11-4-5-12(20-11)13-6-7-14(21-13)15(18)17-8-9-22(19)16(2,3)10-17/h4-7H,8-10H2,1-3H3. The molecule has 1 unspecified atom stereocenters. The lowest BCUT2D eigenvalue weighted by atomic mass is 10.2. The molecule has 0 aromatic carbocycles. The fourth-order valence-corrected chi connectivity index (χ4v) is 4.74. The summed E-state index contributed by atoms with van der Waals surface area (Å²) in [6.45, 7) is 6.90. The van der Waals surface area contributed by atoms with Crippen molar-refractivity contribution in [1.82, 2.24) is 4.90 Å². The molecule has 0 spiro atoms. The Bertz CT molecular complexity index is 729. The third kappa shape index (κ3) is 2.90. The van der Waals surface area contributed by atoms with Crippen LogP contribution in [0.2, 0.25) is 0 Å². The topological polar surface area (TPSA) is 50.5 Å². The predicted octanol–water partition coefficient (Wildman–Crippen LogP) is 3.30. The highest BCUT2D eigenvalue weighted by Crippen LogP contribution is 2.31. The van der Waals surface area contributed by atoms with Crippen molar-refractivity contribution in [2.75, 3.05) is 18.8 Å². The maximum absolute atomic E-state index is 12.7. The number of furan rings is 1. The molecule has 2 aromatic rings. The Hall–Kier alpha value is -1.40. The van der Waals surface area contributed by atoms with E-state index in [-0.39, 0.29) is 10.7 Å². The number of amides is 1. The van der Waals surface area contributed by atoms with Crippen molar-refractivity contribution < 1.29 is 13.4 Å². The van der Waals surface area contributed by atoms with Gasteiger partial charge in [-0.1, -0.05) is 0 Å². The van der Waals surface area contributed by atoms with Crippen LogP contribution in [-0.2, 0) is 10.8 Å². The molecule has 0 aliphatic carbocycles. The van der Waals surface area contributed by atoms with Crippen LogP contribution in [0.1, 0.15) is 29.3 Å². The van der Waals surface area contributed by atoms with E-state index in [9.17, 15) is 9.00 Å². The van der Waals surface area contributed by atoms with E-state index in [4.69, 9.17) is 4.42 Å². The van der Waals surface area contributed by atoms with Crippen molar-refractivity contribution in [3.8, 4) is 10.6 Å². The molecular weight excluding hydrogens is 318 g/mol. The van der Waals surface area contributed by atoms with E-state index >= 15 is 0 Å². The van der Waals surface area contributed by atoms with E-state index in [1.807, 2.05) is 49.9 Å². The van der Waals surface area contributed by atoms with Crippen molar-refractivity contribution in [1.29, 1.82) is 0 Å². The lowest BCUT2D eigenvalue weighted by Gasteiger charge is -2.37. The van der Waals surface area contributed by atoms with Crippen molar-refractivity contribution in [2.45, 2.75) is 25.5 Å². The van der Waals surface area contributed by atoms with Gasteiger partial charge in [0.2, 0.25) is 0 Å². The molecule has 0 radical (unpaired) electrons.